The van der Waals surface area contributed by atoms with Gasteiger partial charge in [-0.2, -0.15) is 0 Å². The Balaban J connectivity index is 1.86. The second-order valence-corrected chi connectivity index (χ2v) is 8.00. The third-order valence-corrected chi connectivity index (χ3v) is 5.36. The van der Waals surface area contributed by atoms with Crippen LogP contribution in [0.2, 0.25) is 0 Å². The first-order chi connectivity index (χ1) is 15.8. The van der Waals surface area contributed by atoms with Crippen molar-refractivity contribution in [3.8, 4) is 0 Å². The van der Waals surface area contributed by atoms with Gasteiger partial charge in [0.2, 0.25) is 0 Å². The summed E-state index contributed by atoms with van der Waals surface area (Å²) in [6, 6.07) is 14.2. The van der Waals surface area contributed by atoms with Crippen LogP contribution >= 0.6 is 0 Å². The molecule has 33 heavy (non-hydrogen) atoms. The number of nitrogens with one attached hydrogen (secondary N) is 2. The Morgan fingerprint density at radius 2 is 1.79 bits per heavy atom. The fourth-order valence-electron chi connectivity index (χ4n) is 3.42. The first-order valence-corrected chi connectivity index (χ1v) is 10.8. The molecule has 8 heteroatoms. The molecule has 3 amide bonds. The van der Waals surface area contributed by atoms with E-state index in [1.807, 2.05) is 45.0 Å². The summed E-state index contributed by atoms with van der Waals surface area (Å²) < 4.78 is 18.7. The van der Waals surface area contributed by atoms with E-state index < -0.39 is 5.82 Å². The van der Waals surface area contributed by atoms with Crippen molar-refractivity contribution in [2.75, 3.05) is 29.6 Å². The summed E-state index contributed by atoms with van der Waals surface area (Å²) in [7, 11) is 3.83. The lowest BCUT2D eigenvalue weighted by Crippen LogP contribution is -2.41. The zero-order chi connectivity index (χ0) is 24.0. The molecule has 0 saturated heterocycles. The molecule has 3 rings (SSSR count). The van der Waals surface area contributed by atoms with Gasteiger partial charge in [0.05, 0.1) is 6.26 Å². The van der Waals surface area contributed by atoms with Crippen LogP contribution < -0.4 is 15.5 Å². The number of halogens is 1. The summed E-state index contributed by atoms with van der Waals surface area (Å²) in [5.41, 5.74) is 2.75. The van der Waals surface area contributed by atoms with Gasteiger partial charge >= 0.3 is 6.03 Å². The van der Waals surface area contributed by atoms with Gasteiger partial charge in [-0.25, -0.2) is 9.18 Å². The van der Waals surface area contributed by atoms with Crippen molar-refractivity contribution in [3.63, 3.8) is 0 Å². The molecule has 7 nitrogen and oxygen atoms in total. The van der Waals surface area contributed by atoms with Crippen molar-refractivity contribution in [2.45, 2.75) is 32.9 Å². The third kappa shape index (κ3) is 6.12. The van der Waals surface area contributed by atoms with Crippen LogP contribution in [0.1, 0.15) is 36.4 Å². The van der Waals surface area contributed by atoms with E-state index in [0.29, 0.717) is 17.9 Å². The summed E-state index contributed by atoms with van der Waals surface area (Å²) in [4.78, 5) is 29.2. The van der Waals surface area contributed by atoms with E-state index in [1.54, 1.807) is 35.2 Å². The van der Waals surface area contributed by atoms with E-state index in [4.69, 9.17) is 4.42 Å². The molecule has 0 radical (unpaired) electrons. The number of furan rings is 1. The van der Waals surface area contributed by atoms with Gasteiger partial charge in [0.1, 0.15) is 5.82 Å². The van der Waals surface area contributed by atoms with Crippen molar-refractivity contribution in [1.29, 1.82) is 0 Å². The quantitative estimate of drug-likeness (QED) is 0.468. The van der Waals surface area contributed by atoms with Crippen LogP contribution in [-0.2, 0) is 6.54 Å². The molecule has 0 aliphatic carbocycles. The normalized spacial score (nSPS) is 11.5. The average Bonchev–Trinajstić information content (AvgIpc) is 3.32. The number of amides is 3. The highest BCUT2D eigenvalue weighted by Gasteiger charge is 2.22. The zero-order valence-electron chi connectivity index (χ0n) is 19.3. The molecule has 0 aliphatic heterocycles. The first-order valence-electron chi connectivity index (χ1n) is 10.8. The summed E-state index contributed by atoms with van der Waals surface area (Å²) in [5, 5.41) is 5.61. The topological polar surface area (TPSA) is 77.8 Å². The molecule has 0 spiro atoms. The Bertz CT molecular complexity index is 1100. The predicted octanol–water partition coefficient (Wildman–Crippen LogP) is 5.57. The van der Waals surface area contributed by atoms with Crippen LogP contribution in [0.4, 0.5) is 26.2 Å². The van der Waals surface area contributed by atoms with Crippen molar-refractivity contribution < 1.29 is 18.4 Å². The zero-order valence-corrected chi connectivity index (χ0v) is 19.3. The second kappa shape index (κ2) is 10.7. The Labute approximate surface area is 193 Å². The summed E-state index contributed by atoms with van der Waals surface area (Å²) in [6.45, 7) is 4.26. The lowest BCUT2D eigenvalue weighted by Gasteiger charge is -2.31. The lowest BCUT2D eigenvalue weighted by atomic mass is 10.1. The van der Waals surface area contributed by atoms with Crippen molar-refractivity contribution in [3.05, 3.63) is 78.0 Å². The molecule has 1 aromatic heterocycles. The van der Waals surface area contributed by atoms with Crippen LogP contribution in [0.5, 0.6) is 0 Å². The fourth-order valence-corrected chi connectivity index (χ4v) is 3.42. The van der Waals surface area contributed by atoms with Gasteiger partial charge in [0, 0.05) is 43.7 Å². The van der Waals surface area contributed by atoms with Gasteiger partial charge in [-0.15, -0.1) is 0 Å². The molecule has 0 aliphatic rings. The van der Waals surface area contributed by atoms with Gasteiger partial charge < -0.3 is 24.9 Å². The minimum Gasteiger partial charge on any atom is -0.459 e. The molecular weight excluding hydrogens is 423 g/mol. The molecule has 0 fully saturated rings. The molecule has 1 unspecified atom stereocenters. The molecule has 2 aromatic carbocycles. The Kier molecular flexibility index (Phi) is 7.71. The van der Waals surface area contributed by atoms with Crippen LogP contribution in [0, 0.1) is 5.82 Å². The van der Waals surface area contributed by atoms with Gasteiger partial charge in [0.15, 0.2) is 5.76 Å². The number of anilines is 3. The van der Waals surface area contributed by atoms with Gasteiger partial charge in [-0.05, 0) is 67.4 Å². The number of hydrogen-bond donors (Lipinski definition) is 2. The molecule has 2 N–H and O–H groups in total. The highest BCUT2D eigenvalue weighted by molar-refractivity contribution is 6.02. The largest absolute Gasteiger partial charge is 0.459 e. The van der Waals surface area contributed by atoms with E-state index in [2.05, 4.69) is 10.6 Å². The third-order valence-electron chi connectivity index (χ3n) is 5.36. The van der Waals surface area contributed by atoms with E-state index in [1.165, 1.54) is 18.4 Å². The molecule has 1 atom stereocenters. The number of urea groups is 1. The van der Waals surface area contributed by atoms with Crippen LogP contribution in [0.15, 0.2) is 65.3 Å². The van der Waals surface area contributed by atoms with Gasteiger partial charge in [-0.1, -0.05) is 13.0 Å². The van der Waals surface area contributed by atoms with Crippen molar-refractivity contribution in [2.24, 2.45) is 0 Å². The summed E-state index contributed by atoms with van der Waals surface area (Å²) >= 11 is 0. The highest BCUT2D eigenvalue weighted by Crippen LogP contribution is 2.26. The Morgan fingerprint density at radius 3 is 2.42 bits per heavy atom. The van der Waals surface area contributed by atoms with E-state index in [-0.39, 0.29) is 23.7 Å². The number of carbonyl (C=O) groups is 2. The maximum Gasteiger partial charge on any atom is 0.322 e. The minimum absolute atomic E-state index is 0.0741. The van der Waals surface area contributed by atoms with Crippen molar-refractivity contribution >= 4 is 29.0 Å². The molecule has 0 bridgehead atoms. The fraction of sp³-hybridized carbons (Fsp3) is 0.280. The Morgan fingerprint density at radius 1 is 1.03 bits per heavy atom. The summed E-state index contributed by atoms with van der Waals surface area (Å²) in [5.74, 6) is -0.562. The van der Waals surface area contributed by atoms with E-state index in [9.17, 15) is 14.0 Å². The Hall–Kier alpha value is -3.81. The highest BCUT2D eigenvalue weighted by atomic mass is 19.1. The number of carbonyl (C=O) groups excluding carboxylic acids is 2. The van der Waals surface area contributed by atoms with Crippen molar-refractivity contribution in [1.82, 2.24) is 4.90 Å². The van der Waals surface area contributed by atoms with E-state index >= 15 is 0 Å². The summed E-state index contributed by atoms with van der Waals surface area (Å²) in [6.07, 6.45) is 2.18. The minimum atomic E-state index is -0.419. The van der Waals surface area contributed by atoms with Crippen LogP contribution in [0.25, 0.3) is 0 Å². The monoisotopic (exact) mass is 452 g/mol. The SMILES string of the molecule is CCC(C)N(Cc1cc(NC(=O)c2ccco2)ccc1N(C)C)C(=O)Nc1cccc(F)c1. The molecule has 174 valence electrons. The van der Waals surface area contributed by atoms with Gasteiger partial charge in [-0.3, -0.25) is 4.79 Å². The second-order valence-electron chi connectivity index (χ2n) is 8.00. The molecule has 0 saturated carbocycles. The average molecular weight is 453 g/mol. The van der Waals surface area contributed by atoms with E-state index in [0.717, 1.165) is 17.7 Å². The standard InChI is InChI=1S/C25H29FN4O3/c1-5-17(2)30(25(32)28-20-9-6-8-19(26)15-20)16-18-14-21(11-12-22(18)29(3)4)27-24(31)23-10-7-13-33-23/h6-15,17H,5,16H2,1-4H3,(H,27,31)(H,28,32). The number of hydrogen-bond acceptors (Lipinski definition) is 4. The predicted molar refractivity (Wildman–Crippen MR) is 128 cm³/mol. The van der Waals surface area contributed by atoms with Crippen LogP contribution in [0.3, 0.4) is 0 Å². The molecular formula is C25H29FN4O3. The first kappa shape index (κ1) is 23.8. The molecule has 3 aromatic rings. The maximum atomic E-state index is 13.6. The lowest BCUT2D eigenvalue weighted by molar-refractivity contribution is 0.0996. The number of benzene rings is 2. The molecule has 1 heterocycles. The smallest absolute Gasteiger partial charge is 0.322 e. The number of rotatable bonds is 8. The van der Waals surface area contributed by atoms with Gasteiger partial charge in [0.25, 0.3) is 5.91 Å². The maximum absolute atomic E-state index is 13.6. The van der Waals surface area contributed by atoms with Crippen LogP contribution in [-0.4, -0.2) is 37.0 Å². The number of nitrogens with zero attached hydrogens (tertiary/aromatic N) is 2.